The van der Waals surface area contributed by atoms with E-state index in [1.807, 2.05) is 32.0 Å². The summed E-state index contributed by atoms with van der Waals surface area (Å²) in [6.45, 7) is 3.81. The quantitative estimate of drug-likeness (QED) is 0.890. The molecule has 0 saturated heterocycles. The molecule has 0 radical (unpaired) electrons. The molecule has 2 aromatic carbocycles. The van der Waals surface area contributed by atoms with Gasteiger partial charge in [0.2, 0.25) is 0 Å². The van der Waals surface area contributed by atoms with Crippen LogP contribution in [0.25, 0.3) is 0 Å². The second-order valence-electron chi connectivity index (χ2n) is 4.71. The number of carbonyl (C=O) groups is 1. The Morgan fingerprint density at radius 1 is 1.19 bits per heavy atom. The van der Waals surface area contributed by atoms with Crippen molar-refractivity contribution in [1.29, 1.82) is 0 Å². The van der Waals surface area contributed by atoms with Crippen LogP contribution in [0.4, 0.5) is 5.69 Å². The molecule has 0 aliphatic rings. The highest BCUT2D eigenvalue weighted by atomic mass is 35.5. The van der Waals surface area contributed by atoms with Crippen molar-refractivity contribution in [2.75, 3.05) is 11.9 Å². The molecular weight excluding hydrogens is 309 g/mol. The topological polar surface area (TPSA) is 38.3 Å². The van der Waals surface area contributed by atoms with Gasteiger partial charge in [0.15, 0.2) is 6.61 Å². The molecule has 0 bridgehead atoms. The maximum atomic E-state index is 11.9. The summed E-state index contributed by atoms with van der Waals surface area (Å²) in [5.74, 6) is 0.405. The number of aryl methyl sites for hydroxylation is 2. The fourth-order valence-corrected chi connectivity index (χ4v) is 2.14. The Kier molecular flexibility index (Phi) is 5.10. The molecule has 0 aromatic heterocycles. The van der Waals surface area contributed by atoms with E-state index in [-0.39, 0.29) is 12.5 Å². The van der Waals surface area contributed by atoms with Gasteiger partial charge in [-0.3, -0.25) is 4.79 Å². The van der Waals surface area contributed by atoms with Crippen LogP contribution in [-0.2, 0) is 4.79 Å². The Morgan fingerprint density at radius 3 is 2.71 bits per heavy atom. The Hall–Kier alpha value is -1.71. The molecule has 0 aliphatic carbocycles. The first-order chi connectivity index (χ1) is 9.97. The second kappa shape index (κ2) is 6.83. The van der Waals surface area contributed by atoms with Crippen molar-refractivity contribution in [3.8, 4) is 5.75 Å². The zero-order chi connectivity index (χ0) is 15.4. The first-order valence-electron chi connectivity index (χ1n) is 6.41. The lowest BCUT2D eigenvalue weighted by atomic mass is 10.1. The first-order valence-corrected chi connectivity index (χ1v) is 7.17. The van der Waals surface area contributed by atoms with Gasteiger partial charge in [0.05, 0.1) is 15.7 Å². The summed E-state index contributed by atoms with van der Waals surface area (Å²) < 4.78 is 5.53. The van der Waals surface area contributed by atoms with E-state index in [1.54, 1.807) is 18.2 Å². The fourth-order valence-electron chi connectivity index (χ4n) is 1.79. The van der Waals surface area contributed by atoms with Crippen molar-refractivity contribution >= 4 is 34.8 Å². The molecular formula is C16H15Cl2NO2. The average molecular weight is 324 g/mol. The summed E-state index contributed by atoms with van der Waals surface area (Å²) in [5, 5.41) is 3.39. The monoisotopic (exact) mass is 323 g/mol. The number of hydrogen-bond acceptors (Lipinski definition) is 2. The molecule has 3 nitrogen and oxygen atoms in total. The van der Waals surface area contributed by atoms with Crippen LogP contribution >= 0.6 is 23.2 Å². The lowest BCUT2D eigenvalue weighted by molar-refractivity contribution is -0.118. The Morgan fingerprint density at radius 2 is 1.95 bits per heavy atom. The molecule has 0 atom stereocenters. The largest absolute Gasteiger partial charge is 0.483 e. The van der Waals surface area contributed by atoms with Crippen LogP contribution in [0.15, 0.2) is 36.4 Å². The smallest absolute Gasteiger partial charge is 0.262 e. The predicted molar refractivity (Wildman–Crippen MR) is 86.5 cm³/mol. The van der Waals surface area contributed by atoms with Gasteiger partial charge >= 0.3 is 0 Å². The molecule has 0 heterocycles. The summed E-state index contributed by atoms with van der Waals surface area (Å²) >= 11 is 11.9. The number of rotatable bonds is 4. The number of carbonyl (C=O) groups excluding carboxylic acids is 1. The summed E-state index contributed by atoms with van der Waals surface area (Å²) in [4.78, 5) is 11.9. The maximum absolute atomic E-state index is 11.9. The van der Waals surface area contributed by atoms with Crippen LogP contribution in [-0.4, -0.2) is 12.5 Å². The highest BCUT2D eigenvalue weighted by molar-refractivity contribution is 6.43. The molecule has 0 aliphatic heterocycles. The van der Waals surface area contributed by atoms with Crippen molar-refractivity contribution < 1.29 is 9.53 Å². The molecule has 21 heavy (non-hydrogen) atoms. The number of halogens is 2. The fraction of sp³-hybridized carbons (Fsp3) is 0.188. The molecule has 5 heteroatoms. The van der Waals surface area contributed by atoms with E-state index in [0.29, 0.717) is 21.5 Å². The Bertz CT molecular complexity index is 671. The summed E-state index contributed by atoms with van der Waals surface area (Å²) in [6, 6.07) is 10.9. The Labute approximate surface area is 133 Å². The molecule has 0 unspecified atom stereocenters. The number of ether oxygens (including phenoxy) is 1. The van der Waals surface area contributed by atoms with Gasteiger partial charge in [-0.2, -0.15) is 0 Å². The number of benzene rings is 2. The van der Waals surface area contributed by atoms with Crippen molar-refractivity contribution in [2.45, 2.75) is 13.8 Å². The van der Waals surface area contributed by atoms with E-state index in [2.05, 4.69) is 5.32 Å². The maximum Gasteiger partial charge on any atom is 0.262 e. The van der Waals surface area contributed by atoms with E-state index >= 15 is 0 Å². The van der Waals surface area contributed by atoms with Crippen molar-refractivity contribution in [3.05, 3.63) is 57.6 Å². The number of hydrogen-bond donors (Lipinski definition) is 1. The van der Waals surface area contributed by atoms with Crippen LogP contribution in [0, 0.1) is 13.8 Å². The third kappa shape index (κ3) is 4.13. The zero-order valence-electron chi connectivity index (χ0n) is 11.7. The van der Waals surface area contributed by atoms with Gasteiger partial charge in [0, 0.05) is 0 Å². The van der Waals surface area contributed by atoms with E-state index in [1.165, 1.54) is 0 Å². The molecule has 0 fully saturated rings. The van der Waals surface area contributed by atoms with E-state index in [0.717, 1.165) is 11.1 Å². The lowest BCUT2D eigenvalue weighted by Gasteiger charge is -2.11. The van der Waals surface area contributed by atoms with Gasteiger partial charge in [-0.25, -0.2) is 0 Å². The second-order valence-corrected chi connectivity index (χ2v) is 5.49. The molecule has 1 N–H and O–H groups in total. The van der Waals surface area contributed by atoms with Gasteiger partial charge < -0.3 is 10.1 Å². The predicted octanol–water partition coefficient (Wildman–Crippen LogP) is 4.63. The van der Waals surface area contributed by atoms with Crippen LogP contribution in [0.5, 0.6) is 5.75 Å². The van der Waals surface area contributed by atoms with E-state index < -0.39 is 0 Å². The number of nitrogens with one attached hydrogen (secondary N) is 1. The van der Waals surface area contributed by atoms with Gasteiger partial charge in [-0.1, -0.05) is 41.4 Å². The van der Waals surface area contributed by atoms with E-state index in [4.69, 9.17) is 27.9 Å². The molecule has 2 rings (SSSR count). The van der Waals surface area contributed by atoms with Crippen LogP contribution in [0.3, 0.4) is 0 Å². The van der Waals surface area contributed by atoms with Crippen LogP contribution in [0.2, 0.25) is 10.0 Å². The molecule has 1 amide bonds. The SMILES string of the molecule is Cc1ccc(C)c(OCC(=O)Nc2cccc(Cl)c2Cl)c1. The minimum absolute atomic E-state index is 0.0901. The zero-order valence-corrected chi connectivity index (χ0v) is 13.3. The molecule has 2 aromatic rings. The van der Waals surface area contributed by atoms with Gasteiger partial charge in [0.25, 0.3) is 5.91 Å². The average Bonchev–Trinajstić information content (AvgIpc) is 2.45. The van der Waals surface area contributed by atoms with Crippen molar-refractivity contribution in [3.63, 3.8) is 0 Å². The van der Waals surface area contributed by atoms with Crippen LogP contribution in [0.1, 0.15) is 11.1 Å². The van der Waals surface area contributed by atoms with E-state index in [9.17, 15) is 4.79 Å². The summed E-state index contributed by atoms with van der Waals surface area (Å²) in [6.07, 6.45) is 0. The third-order valence-electron chi connectivity index (χ3n) is 2.93. The third-order valence-corrected chi connectivity index (χ3v) is 3.75. The summed E-state index contributed by atoms with van der Waals surface area (Å²) in [7, 11) is 0. The van der Waals surface area contributed by atoms with Crippen LogP contribution < -0.4 is 10.1 Å². The van der Waals surface area contributed by atoms with Gasteiger partial charge in [-0.05, 0) is 43.2 Å². The minimum Gasteiger partial charge on any atom is -0.483 e. The number of anilines is 1. The molecule has 0 saturated carbocycles. The number of amides is 1. The minimum atomic E-state index is -0.292. The normalized spacial score (nSPS) is 10.3. The standard InChI is InChI=1S/C16H15Cl2NO2/c1-10-6-7-11(2)14(8-10)21-9-15(20)19-13-5-3-4-12(17)16(13)18/h3-8H,9H2,1-2H3,(H,19,20). The highest BCUT2D eigenvalue weighted by Crippen LogP contribution is 2.29. The molecule has 110 valence electrons. The summed E-state index contributed by atoms with van der Waals surface area (Å²) in [5.41, 5.74) is 2.53. The Balaban J connectivity index is 1.99. The van der Waals surface area contributed by atoms with Gasteiger partial charge in [0.1, 0.15) is 5.75 Å². The highest BCUT2D eigenvalue weighted by Gasteiger charge is 2.09. The van der Waals surface area contributed by atoms with Gasteiger partial charge in [-0.15, -0.1) is 0 Å². The van der Waals surface area contributed by atoms with Crippen molar-refractivity contribution in [2.24, 2.45) is 0 Å². The first kappa shape index (κ1) is 15.7. The molecule has 0 spiro atoms. The van der Waals surface area contributed by atoms with Crippen molar-refractivity contribution in [1.82, 2.24) is 0 Å². The lowest BCUT2D eigenvalue weighted by Crippen LogP contribution is -2.20.